The van der Waals surface area contributed by atoms with Crippen molar-refractivity contribution in [1.29, 1.82) is 0 Å². The fraction of sp³-hybridized carbons (Fsp3) is 0.923. The number of rotatable bonds is 4. The first-order valence-electron chi connectivity index (χ1n) is 6.59. The van der Waals surface area contributed by atoms with Crippen molar-refractivity contribution in [1.82, 2.24) is 10.2 Å². The van der Waals surface area contributed by atoms with Crippen LogP contribution >= 0.6 is 0 Å². The number of carbonyl (C=O) groups is 1. The standard InChI is InChI=1S/C13H26N2O/c1-5-15(12-6-8-14-9-7-12)13(16)11(4)10(2)3/h10-12,14H,5-9H2,1-4H3. The van der Waals surface area contributed by atoms with E-state index in [0.29, 0.717) is 17.9 Å². The number of amides is 1. The van der Waals surface area contributed by atoms with Gasteiger partial charge in [0.05, 0.1) is 0 Å². The minimum atomic E-state index is 0.148. The lowest BCUT2D eigenvalue weighted by molar-refractivity contribution is -0.139. The summed E-state index contributed by atoms with van der Waals surface area (Å²) in [5.74, 6) is 0.919. The topological polar surface area (TPSA) is 32.3 Å². The lowest BCUT2D eigenvalue weighted by atomic mass is 9.94. The summed E-state index contributed by atoms with van der Waals surface area (Å²) in [6.07, 6.45) is 2.20. The van der Waals surface area contributed by atoms with E-state index in [9.17, 15) is 4.79 Å². The number of hydrogen-bond donors (Lipinski definition) is 1. The number of nitrogens with zero attached hydrogens (tertiary/aromatic N) is 1. The van der Waals surface area contributed by atoms with Gasteiger partial charge in [-0.05, 0) is 38.8 Å². The molecule has 94 valence electrons. The van der Waals surface area contributed by atoms with Crippen LogP contribution in [0.4, 0.5) is 0 Å². The monoisotopic (exact) mass is 226 g/mol. The Balaban J connectivity index is 2.61. The zero-order valence-corrected chi connectivity index (χ0v) is 11.1. The highest BCUT2D eigenvalue weighted by molar-refractivity contribution is 5.79. The maximum Gasteiger partial charge on any atom is 0.225 e. The second-order valence-electron chi connectivity index (χ2n) is 5.14. The molecular weight excluding hydrogens is 200 g/mol. The van der Waals surface area contributed by atoms with E-state index in [1.807, 2.05) is 0 Å². The summed E-state index contributed by atoms with van der Waals surface area (Å²) in [5.41, 5.74) is 0. The summed E-state index contributed by atoms with van der Waals surface area (Å²) in [4.78, 5) is 14.4. The van der Waals surface area contributed by atoms with Crippen LogP contribution in [-0.2, 0) is 4.79 Å². The molecule has 1 rings (SSSR count). The van der Waals surface area contributed by atoms with Crippen molar-refractivity contribution < 1.29 is 4.79 Å². The Morgan fingerprint density at radius 3 is 2.31 bits per heavy atom. The van der Waals surface area contributed by atoms with E-state index >= 15 is 0 Å². The van der Waals surface area contributed by atoms with E-state index in [4.69, 9.17) is 0 Å². The van der Waals surface area contributed by atoms with E-state index < -0.39 is 0 Å². The minimum Gasteiger partial charge on any atom is -0.340 e. The first-order valence-corrected chi connectivity index (χ1v) is 6.59. The largest absolute Gasteiger partial charge is 0.340 e. The maximum atomic E-state index is 12.3. The molecule has 0 saturated carbocycles. The molecule has 16 heavy (non-hydrogen) atoms. The molecule has 0 radical (unpaired) electrons. The molecule has 1 atom stereocenters. The molecule has 0 aromatic rings. The number of hydrogen-bond acceptors (Lipinski definition) is 2. The summed E-state index contributed by atoms with van der Waals surface area (Å²) in [6, 6.07) is 0.458. The molecule has 1 fully saturated rings. The highest BCUT2D eigenvalue weighted by atomic mass is 16.2. The van der Waals surface area contributed by atoms with Crippen molar-refractivity contribution in [3.63, 3.8) is 0 Å². The van der Waals surface area contributed by atoms with E-state index in [2.05, 4.69) is 37.9 Å². The van der Waals surface area contributed by atoms with Gasteiger partial charge in [-0.1, -0.05) is 20.8 Å². The van der Waals surface area contributed by atoms with Gasteiger partial charge in [0.15, 0.2) is 0 Å². The van der Waals surface area contributed by atoms with Crippen molar-refractivity contribution in [3.05, 3.63) is 0 Å². The van der Waals surface area contributed by atoms with Gasteiger partial charge in [0.1, 0.15) is 0 Å². The molecule has 1 unspecified atom stereocenters. The Bertz CT molecular complexity index is 222. The summed E-state index contributed by atoms with van der Waals surface area (Å²) >= 11 is 0. The molecule has 1 N–H and O–H groups in total. The Morgan fingerprint density at radius 2 is 1.88 bits per heavy atom. The van der Waals surface area contributed by atoms with Gasteiger partial charge in [-0.3, -0.25) is 4.79 Å². The summed E-state index contributed by atoms with van der Waals surface area (Å²) in [6.45, 7) is 11.3. The van der Waals surface area contributed by atoms with Crippen molar-refractivity contribution in [2.45, 2.75) is 46.6 Å². The maximum absolute atomic E-state index is 12.3. The molecule has 1 aliphatic rings. The molecule has 0 aliphatic carbocycles. The van der Waals surface area contributed by atoms with Crippen LogP contribution in [0, 0.1) is 11.8 Å². The third kappa shape index (κ3) is 3.21. The third-order valence-corrected chi connectivity index (χ3v) is 3.76. The fourth-order valence-corrected chi connectivity index (χ4v) is 2.26. The first kappa shape index (κ1) is 13.5. The molecule has 1 saturated heterocycles. The van der Waals surface area contributed by atoms with Crippen LogP contribution in [0.3, 0.4) is 0 Å². The molecule has 1 heterocycles. The predicted molar refractivity (Wildman–Crippen MR) is 67.3 cm³/mol. The average molecular weight is 226 g/mol. The van der Waals surface area contributed by atoms with Gasteiger partial charge in [-0.25, -0.2) is 0 Å². The highest BCUT2D eigenvalue weighted by Crippen LogP contribution is 2.18. The van der Waals surface area contributed by atoms with Crippen molar-refractivity contribution in [2.75, 3.05) is 19.6 Å². The molecule has 0 aromatic carbocycles. The lowest BCUT2D eigenvalue weighted by Gasteiger charge is -2.36. The summed E-state index contributed by atoms with van der Waals surface area (Å²) < 4.78 is 0. The first-order chi connectivity index (χ1) is 7.57. The van der Waals surface area contributed by atoms with Crippen LogP contribution in [0.25, 0.3) is 0 Å². The van der Waals surface area contributed by atoms with E-state index in [0.717, 1.165) is 32.5 Å². The van der Waals surface area contributed by atoms with E-state index in [1.54, 1.807) is 0 Å². The van der Waals surface area contributed by atoms with Gasteiger partial charge in [-0.15, -0.1) is 0 Å². The van der Waals surface area contributed by atoms with Crippen LogP contribution in [0.2, 0.25) is 0 Å². The van der Waals surface area contributed by atoms with Gasteiger partial charge in [-0.2, -0.15) is 0 Å². The van der Waals surface area contributed by atoms with Gasteiger partial charge in [0.2, 0.25) is 5.91 Å². The Morgan fingerprint density at radius 1 is 1.31 bits per heavy atom. The van der Waals surface area contributed by atoms with E-state index in [1.165, 1.54) is 0 Å². The SMILES string of the molecule is CCN(C(=O)C(C)C(C)C)C1CCNCC1. The van der Waals surface area contributed by atoms with Crippen LogP contribution in [-0.4, -0.2) is 36.5 Å². The highest BCUT2D eigenvalue weighted by Gasteiger charge is 2.28. The zero-order valence-electron chi connectivity index (χ0n) is 11.1. The van der Waals surface area contributed by atoms with Crippen LogP contribution < -0.4 is 5.32 Å². The quantitative estimate of drug-likeness (QED) is 0.794. The Labute approximate surface area is 99.6 Å². The molecule has 0 aromatic heterocycles. The van der Waals surface area contributed by atoms with Crippen LogP contribution in [0.1, 0.15) is 40.5 Å². The van der Waals surface area contributed by atoms with Crippen LogP contribution in [0.15, 0.2) is 0 Å². The molecule has 1 amide bonds. The smallest absolute Gasteiger partial charge is 0.225 e. The zero-order chi connectivity index (χ0) is 12.1. The molecule has 1 aliphatic heterocycles. The average Bonchev–Trinajstić information content (AvgIpc) is 2.30. The molecule has 0 bridgehead atoms. The van der Waals surface area contributed by atoms with Gasteiger partial charge < -0.3 is 10.2 Å². The number of nitrogens with one attached hydrogen (secondary N) is 1. The predicted octanol–water partition coefficient (Wildman–Crippen LogP) is 1.88. The molecule has 0 spiro atoms. The van der Waals surface area contributed by atoms with Gasteiger partial charge in [0, 0.05) is 18.5 Å². The van der Waals surface area contributed by atoms with E-state index in [-0.39, 0.29) is 5.92 Å². The van der Waals surface area contributed by atoms with Crippen LogP contribution in [0.5, 0.6) is 0 Å². The van der Waals surface area contributed by atoms with Crippen molar-refractivity contribution >= 4 is 5.91 Å². The molecule has 3 nitrogen and oxygen atoms in total. The number of piperidine rings is 1. The summed E-state index contributed by atoms with van der Waals surface area (Å²) in [5, 5.41) is 3.35. The molecular formula is C13H26N2O. The van der Waals surface area contributed by atoms with Gasteiger partial charge >= 0.3 is 0 Å². The second kappa shape index (κ2) is 6.24. The summed E-state index contributed by atoms with van der Waals surface area (Å²) in [7, 11) is 0. The second-order valence-corrected chi connectivity index (χ2v) is 5.14. The lowest BCUT2D eigenvalue weighted by Crippen LogP contribution is -2.48. The minimum absolute atomic E-state index is 0.148. The normalized spacial score (nSPS) is 19.8. The van der Waals surface area contributed by atoms with Gasteiger partial charge in [0.25, 0.3) is 0 Å². The number of carbonyl (C=O) groups excluding carboxylic acids is 1. The Kier molecular flexibility index (Phi) is 5.26. The Hall–Kier alpha value is -0.570. The fourth-order valence-electron chi connectivity index (χ4n) is 2.26. The van der Waals surface area contributed by atoms with Crippen molar-refractivity contribution in [2.24, 2.45) is 11.8 Å². The van der Waals surface area contributed by atoms with Crippen molar-refractivity contribution in [3.8, 4) is 0 Å². The molecule has 3 heteroatoms. The third-order valence-electron chi connectivity index (χ3n) is 3.76.